The highest BCUT2D eigenvalue weighted by atomic mass is 16.5. The van der Waals surface area contributed by atoms with Crippen molar-refractivity contribution in [3.05, 3.63) is 23.8 Å². The largest absolute Gasteiger partial charge is 0.504 e. The second-order valence-corrected chi connectivity index (χ2v) is 2.68. The highest BCUT2D eigenvalue weighted by Gasteiger charge is 2.08. The minimum absolute atomic E-state index is 0.00694. The molecule has 0 spiro atoms. The summed E-state index contributed by atoms with van der Waals surface area (Å²) in [6.07, 6.45) is -0.739. The second kappa shape index (κ2) is 4.11. The van der Waals surface area contributed by atoms with Crippen molar-refractivity contribution in [1.29, 1.82) is 0 Å². The number of phenolic OH excluding ortho intramolecular Hbond substituents is 1. The Balaban J connectivity index is 2.95. The van der Waals surface area contributed by atoms with E-state index >= 15 is 0 Å². The van der Waals surface area contributed by atoms with E-state index in [1.54, 1.807) is 12.1 Å². The van der Waals surface area contributed by atoms with Crippen LogP contribution in [0, 0.1) is 0 Å². The Morgan fingerprint density at radius 1 is 1.54 bits per heavy atom. The monoisotopic (exact) mass is 183 g/mol. The van der Waals surface area contributed by atoms with Crippen molar-refractivity contribution in [2.75, 3.05) is 13.7 Å². The lowest BCUT2D eigenvalue weighted by Crippen LogP contribution is -2.11. The molecule has 0 saturated carbocycles. The van der Waals surface area contributed by atoms with E-state index in [-0.39, 0.29) is 12.3 Å². The molecule has 0 unspecified atom stereocenters. The molecule has 0 radical (unpaired) electrons. The maximum Gasteiger partial charge on any atom is 0.160 e. The molecule has 0 heterocycles. The van der Waals surface area contributed by atoms with Crippen LogP contribution in [0.15, 0.2) is 18.2 Å². The van der Waals surface area contributed by atoms with E-state index in [1.807, 2.05) is 0 Å². The molecule has 13 heavy (non-hydrogen) atoms. The number of hydrogen-bond acceptors (Lipinski definition) is 4. The van der Waals surface area contributed by atoms with Crippen molar-refractivity contribution in [3.63, 3.8) is 0 Å². The van der Waals surface area contributed by atoms with Gasteiger partial charge in [0.25, 0.3) is 0 Å². The zero-order valence-electron chi connectivity index (χ0n) is 7.40. The van der Waals surface area contributed by atoms with Gasteiger partial charge in [0.2, 0.25) is 0 Å². The van der Waals surface area contributed by atoms with Crippen LogP contribution in [0.1, 0.15) is 11.7 Å². The number of hydrogen-bond donors (Lipinski definition) is 3. The fraction of sp³-hybridized carbons (Fsp3) is 0.333. The molecule has 0 fully saturated rings. The van der Waals surface area contributed by atoms with Gasteiger partial charge in [0.05, 0.1) is 13.2 Å². The molecule has 72 valence electrons. The number of benzene rings is 1. The van der Waals surface area contributed by atoms with Gasteiger partial charge in [-0.1, -0.05) is 6.07 Å². The first-order valence-corrected chi connectivity index (χ1v) is 3.94. The molecule has 4 N–H and O–H groups in total. The zero-order chi connectivity index (χ0) is 9.84. The number of ether oxygens (including phenoxy) is 1. The van der Waals surface area contributed by atoms with Gasteiger partial charge in [0, 0.05) is 6.54 Å². The minimum atomic E-state index is -0.739. The van der Waals surface area contributed by atoms with Crippen molar-refractivity contribution in [1.82, 2.24) is 0 Å². The Morgan fingerprint density at radius 2 is 2.23 bits per heavy atom. The molecule has 0 bridgehead atoms. The van der Waals surface area contributed by atoms with Gasteiger partial charge in [0.15, 0.2) is 11.5 Å². The Bertz CT molecular complexity index is 288. The maximum atomic E-state index is 9.36. The molecule has 0 saturated heterocycles. The van der Waals surface area contributed by atoms with Crippen molar-refractivity contribution in [2.24, 2.45) is 5.73 Å². The van der Waals surface area contributed by atoms with Crippen LogP contribution in [0.4, 0.5) is 0 Å². The van der Waals surface area contributed by atoms with E-state index in [0.717, 1.165) is 0 Å². The molecule has 4 nitrogen and oxygen atoms in total. The molecular formula is C9H13NO3. The summed E-state index contributed by atoms with van der Waals surface area (Å²) < 4.78 is 4.85. The zero-order valence-corrected chi connectivity index (χ0v) is 7.40. The van der Waals surface area contributed by atoms with E-state index in [0.29, 0.717) is 11.3 Å². The van der Waals surface area contributed by atoms with Crippen LogP contribution in [0.3, 0.4) is 0 Å². The van der Waals surface area contributed by atoms with Gasteiger partial charge in [-0.2, -0.15) is 0 Å². The Hall–Kier alpha value is -1.26. The first-order valence-electron chi connectivity index (χ1n) is 3.94. The van der Waals surface area contributed by atoms with Gasteiger partial charge in [0.1, 0.15) is 0 Å². The third-order valence-electron chi connectivity index (χ3n) is 1.81. The third kappa shape index (κ3) is 2.11. The van der Waals surface area contributed by atoms with Crippen LogP contribution in [0.25, 0.3) is 0 Å². The number of methoxy groups -OCH3 is 1. The van der Waals surface area contributed by atoms with E-state index in [9.17, 15) is 10.2 Å². The van der Waals surface area contributed by atoms with Crippen LogP contribution >= 0.6 is 0 Å². The van der Waals surface area contributed by atoms with Crippen LogP contribution in [-0.4, -0.2) is 23.9 Å². The minimum Gasteiger partial charge on any atom is -0.504 e. The number of aliphatic hydroxyl groups is 1. The summed E-state index contributed by atoms with van der Waals surface area (Å²) in [5.41, 5.74) is 5.85. The predicted octanol–water partition coefficient (Wildman–Crippen LogP) is 0.393. The number of aromatic hydroxyl groups is 1. The fourth-order valence-corrected chi connectivity index (χ4v) is 1.05. The Morgan fingerprint density at radius 3 is 2.69 bits per heavy atom. The molecule has 0 aliphatic rings. The summed E-state index contributed by atoms with van der Waals surface area (Å²) in [7, 11) is 1.47. The number of nitrogens with two attached hydrogens (primary N) is 1. The van der Waals surface area contributed by atoms with E-state index in [4.69, 9.17) is 10.5 Å². The lowest BCUT2D eigenvalue weighted by molar-refractivity contribution is 0.186. The SMILES string of the molecule is COc1ccc([C@@H](O)CN)cc1O. The van der Waals surface area contributed by atoms with Crippen LogP contribution in [0.5, 0.6) is 11.5 Å². The predicted molar refractivity (Wildman–Crippen MR) is 48.7 cm³/mol. The summed E-state index contributed by atoms with van der Waals surface area (Å²) in [5, 5.41) is 18.7. The first kappa shape index (κ1) is 9.83. The summed E-state index contributed by atoms with van der Waals surface area (Å²) >= 11 is 0. The van der Waals surface area contributed by atoms with Crippen molar-refractivity contribution < 1.29 is 14.9 Å². The highest BCUT2D eigenvalue weighted by molar-refractivity contribution is 5.42. The number of phenols is 1. The van der Waals surface area contributed by atoms with Crippen LogP contribution < -0.4 is 10.5 Å². The summed E-state index contributed by atoms with van der Waals surface area (Å²) in [6, 6.07) is 4.69. The summed E-state index contributed by atoms with van der Waals surface area (Å²) in [4.78, 5) is 0. The molecule has 0 amide bonds. The van der Waals surface area contributed by atoms with Gasteiger partial charge in [-0.15, -0.1) is 0 Å². The van der Waals surface area contributed by atoms with Crippen molar-refractivity contribution >= 4 is 0 Å². The van der Waals surface area contributed by atoms with Gasteiger partial charge >= 0.3 is 0 Å². The molecule has 1 rings (SSSR count). The van der Waals surface area contributed by atoms with Gasteiger partial charge < -0.3 is 20.7 Å². The highest BCUT2D eigenvalue weighted by Crippen LogP contribution is 2.28. The van der Waals surface area contributed by atoms with Crippen LogP contribution in [0.2, 0.25) is 0 Å². The summed E-state index contributed by atoms with van der Waals surface area (Å²) in [6.45, 7) is 0.131. The molecule has 1 atom stereocenters. The molecule has 1 aromatic carbocycles. The molecule has 4 heteroatoms. The molecule has 1 aromatic rings. The van der Waals surface area contributed by atoms with E-state index < -0.39 is 6.10 Å². The standard InChI is InChI=1S/C9H13NO3/c1-13-9-3-2-6(4-7(9)11)8(12)5-10/h2-4,8,11-12H,5,10H2,1H3/t8-/m0/s1. The smallest absolute Gasteiger partial charge is 0.160 e. The molecule has 0 aliphatic carbocycles. The number of rotatable bonds is 3. The Labute approximate surface area is 76.6 Å². The molecule has 0 aromatic heterocycles. The first-order chi connectivity index (χ1) is 6.19. The molecular weight excluding hydrogens is 170 g/mol. The van der Waals surface area contributed by atoms with Crippen molar-refractivity contribution in [2.45, 2.75) is 6.10 Å². The normalized spacial score (nSPS) is 12.5. The van der Waals surface area contributed by atoms with Crippen molar-refractivity contribution in [3.8, 4) is 11.5 Å². The lowest BCUT2D eigenvalue weighted by Gasteiger charge is -2.09. The third-order valence-corrected chi connectivity index (χ3v) is 1.81. The summed E-state index contributed by atoms with van der Waals surface area (Å²) in [5.74, 6) is 0.389. The van der Waals surface area contributed by atoms with E-state index in [1.165, 1.54) is 13.2 Å². The number of aliphatic hydroxyl groups excluding tert-OH is 1. The molecule has 0 aliphatic heterocycles. The maximum absolute atomic E-state index is 9.36. The van der Waals surface area contributed by atoms with Gasteiger partial charge in [-0.3, -0.25) is 0 Å². The topological polar surface area (TPSA) is 75.7 Å². The van der Waals surface area contributed by atoms with Crippen LogP contribution in [-0.2, 0) is 0 Å². The average molecular weight is 183 g/mol. The Kier molecular flexibility index (Phi) is 3.11. The van der Waals surface area contributed by atoms with Gasteiger partial charge in [-0.25, -0.2) is 0 Å². The second-order valence-electron chi connectivity index (χ2n) is 2.68. The van der Waals surface area contributed by atoms with Gasteiger partial charge in [-0.05, 0) is 17.7 Å². The lowest BCUT2D eigenvalue weighted by atomic mass is 10.1. The van der Waals surface area contributed by atoms with E-state index in [2.05, 4.69) is 0 Å². The average Bonchev–Trinajstić information content (AvgIpc) is 2.16. The quantitative estimate of drug-likeness (QED) is 0.633. The fourth-order valence-electron chi connectivity index (χ4n) is 1.05.